The van der Waals surface area contributed by atoms with E-state index < -0.39 is 12.3 Å². The lowest BCUT2D eigenvalue weighted by Gasteiger charge is -2.17. The lowest BCUT2D eigenvalue weighted by molar-refractivity contribution is 0.0115. The van der Waals surface area contributed by atoms with E-state index in [2.05, 4.69) is 15.0 Å². The molecular weight excluding hydrogens is 295 g/mol. The molecule has 1 aliphatic heterocycles. The average molecular weight is 312 g/mol. The van der Waals surface area contributed by atoms with E-state index in [1.54, 1.807) is 12.4 Å². The first-order valence-corrected chi connectivity index (χ1v) is 7.64. The molecule has 1 aromatic carbocycles. The van der Waals surface area contributed by atoms with Crippen LogP contribution < -0.4 is 4.90 Å². The molecule has 6 heteroatoms. The Labute approximate surface area is 133 Å². The van der Waals surface area contributed by atoms with Crippen LogP contribution in [0.3, 0.4) is 0 Å². The predicted octanol–water partition coefficient (Wildman–Crippen LogP) is 2.70. The summed E-state index contributed by atoms with van der Waals surface area (Å²) in [6.45, 7) is 1.13. The van der Waals surface area contributed by atoms with Crippen molar-refractivity contribution in [1.29, 1.82) is 0 Å². The van der Waals surface area contributed by atoms with Gasteiger partial charge < -0.3 is 14.6 Å². The topological polar surface area (TPSA) is 54.0 Å². The first-order chi connectivity index (χ1) is 11.3. The number of pyridine rings is 1. The third kappa shape index (κ3) is 2.90. The highest BCUT2D eigenvalue weighted by Crippen LogP contribution is 2.23. The van der Waals surface area contributed by atoms with Crippen LogP contribution in [0.4, 0.5) is 10.1 Å². The zero-order chi connectivity index (χ0) is 15.6. The van der Waals surface area contributed by atoms with Crippen molar-refractivity contribution < 1.29 is 9.13 Å². The largest absolute Gasteiger partial charge is 0.365 e. The third-order valence-corrected chi connectivity index (χ3v) is 4.08. The van der Waals surface area contributed by atoms with Crippen LogP contribution in [0, 0.1) is 0 Å². The van der Waals surface area contributed by atoms with Gasteiger partial charge in [0, 0.05) is 12.7 Å². The summed E-state index contributed by atoms with van der Waals surface area (Å²) in [6.07, 6.45) is 1.99. The van der Waals surface area contributed by atoms with Gasteiger partial charge in [-0.15, -0.1) is 0 Å². The van der Waals surface area contributed by atoms with Gasteiger partial charge in [0.25, 0.3) is 0 Å². The molecule has 0 amide bonds. The summed E-state index contributed by atoms with van der Waals surface area (Å²) >= 11 is 0. The van der Waals surface area contributed by atoms with Crippen LogP contribution in [0.1, 0.15) is 5.82 Å². The van der Waals surface area contributed by atoms with Crippen molar-refractivity contribution in [1.82, 2.24) is 15.0 Å². The maximum Gasteiger partial charge on any atom is 0.145 e. The highest BCUT2D eigenvalue weighted by molar-refractivity contribution is 5.74. The summed E-state index contributed by atoms with van der Waals surface area (Å²) in [5.41, 5.74) is 2.78. The van der Waals surface area contributed by atoms with Crippen LogP contribution in [0.5, 0.6) is 0 Å². The Hall–Kier alpha value is -2.47. The molecule has 2 atom stereocenters. The minimum Gasteiger partial charge on any atom is -0.365 e. The Balaban J connectivity index is 1.41. The molecule has 1 saturated heterocycles. The van der Waals surface area contributed by atoms with Gasteiger partial charge in [0.2, 0.25) is 0 Å². The van der Waals surface area contributed by atoms with E-state index >= 15 is 0 Å². The molecule has 1 aliphatic rings. The van der Waals surface area contributed by atoms with Crippen molar-refractivity contribution in [2.24, 2.45) is 0 Å². The van der Waals surface area contributed by atoms with E-state index in [-0.39, 0.29) is 6.61 Å². The summed E-state index contributed by atoms with van der Waals surface area (Å²) < 4.78 is 20.0. The maximum atomic E-state index is 14.2. The monoisotopic (exact) mass is 312 g/mol. The summed E-state index contributed by atoms with van der Waals surface area (Å²) in [6, 6.07) is 11.6. The molecule has 1 N–H and O–H groups in total. The van der Waals surface area contributed by atoms with Gasteiger partial charge in [-0.2, -0.15) is 0 Å². The first kappa shape index (κ1) is 14.1. The molecule has 0 saturated carbocycles. The molecule has 0 spiro atoms. The van der Waals surface area contributed by atoms with Crippen LogP contribution >= 0.6 is 0 Å². The zero-order valence-electron chi connectivity index (χ0n) is 12.5. The number of anilines is 1. The Morgan fingerprint density at radius 2 is 2.13 bits per heavy atom. The summed E-state index contributed by atoms with van der Waals surface area (Å²) in [4.78, 5) is 13.7. The van der Waals surface area contributed by atoms with Gasteiger partial charge in [-0.1, -0.05) is 12.1 Å². The Kier molecular flexibility index (Phi) is 3.67. The Morgan fingerprint density at radius 3 is 2.96 bits per heavy atom. The molecule has 2 aromatic heterocycles. The van der Waals surface area contributed by atoms with Crippen LogP contribution in [0.25, 0.3) is 11.0 Å². The number of imidazole rings is 1. The number of nitrogens with one attached hydrogen (secondary N) is 1. The maximum absolute atomic E-state index is 14.2. The van der Waals surface area contributed by atoms with Crippen LogP contribution in [0.15, 0.2) is 48.8 Å². The predicted molar refractivity (Wildman–Crippen MR) is 86.0 cm³/mol. The summed E-state index contributed by atoms with van der Waals surface area (Å²) in [5, 5.41) is 0. The molecule has 3 aromatic rings. The molecule has 0 unspecified atom stereocenters. The number of nitrogens with zero attached hydrogens (tertiary/aromatic N) is 3. The lowest BCUT2D eigenvalue weighted by Crippen LogP contribution is -2.24. The number of fused-ring (bicyclic) bond motifs is 1. The fourth-order valence-corrected chi connectivity index (χ4v) is 2.90. The highest BCUT2D eigenvalue weighted by Gasteiger charge is 2.34. The highest BCUT2D eigenvalue weighted by atomic mass is 19.1. The molecule has 0 radical (unpaired) electrons. The number of para-hydroxylation sites is 2. The van der Waals surface area contributed by atoms with Crippen molar-refractivity contribution in [2.45, 2.75) is 18.9 Å². The minimum atomic E-state index is -1.01. The Bertz CT molecular complexity index is 758. The molecular formula is C17H17FN4O. The lowest BCUT2D eigenvalue weighted by atomic mass is 10.3. The van der Waals surface area contributed by atoms with Gasteiger partial charge in [-0.3, -0.25) is 4.98 Å². The number of rotatable bonds is 4. The summed E-state index contributed by atoms with van der Waals surface area (Å²) in [7, 11) is 0. The van der Waals surface area contributed by atoms with Gasteiger partial charge >= 0.3 is 0 Å². The fourth-order valence-electron chi connectivity index (χ4n) is 2.90. The second-order valence-corrected chi connectivity index (χ2v) is 5.68. The normalized spacial score (nSPS) is 21.2. The van der Waals surface area contributed by atoms with Crippen molar-refractivity contribution in [3.63, 3.8) is 0 Å². The molecule has 3 heterocycles. The first-order valence-electron chi connectivity index (χ1n) is 7.64. The van der Waals surface area contributed by atoms with Crippen LogP contribution in [-0.2, 0) is 11.3 Å². The number of hydrogen-bond acceptors (Lipinski definition) is 4. The molecule has 0 aliphatic carbocycles. The van der Waals surface area contributed by atoms with E-state index in [0.717, 1.165) is 22.5 Å². The van der Waals surface area contributed by atoms with E-state index in [4.69, 9.17) is 4.74 Å². The molecule has 23 heavy (non-hydrogen) atoms. The number of hydrogen-bond donors (Lipinski definition) is 1. The number of halogens is 1. The number of aromatic nitrogens is 3. The van der Waals surface area contributed by atoms with Crippen molar-refractivity contribution >= 4 is 16.7 Å². The van der Waals surface area contributed by atoms with E-state index in [1.165, 1.54) is 0 Å². The van der Waals surface area contributed by atoms with Crippen molar-refractivity contribution in [3.05, 3.63) is 54.6 Å². The van der Waals surface area contributed by atoms with Gasteiger partial charge in [0.1, 0.15) is 24.7 Å². The van der Waals surface area contributed by atoms with Gasteiger partial charge in [0.15, 0.2) is 0 Å². The van der Waals surface area contributed by atoms with Crippen LogP contribution in [-0.4, -0.2) is 40.3 Å². The number of H-pyrrole nitrogens is 1. The second kappa shape index (κ2) is 5.96. The van der Waals surface area contributed by atoms with Gasteiger partial charge in [-0.05, 0) is 24.3 Å². The molecule has 4 rings (SSSR count). The SMILES string of the molecule is F[C@@H]1CN(c2cccnc2)C[C@@H]1OCc1nc2ccccc2[nH]1. The van der Waals surface area contributed by atoms with E-state index in [9.17, 15) is 4.39 Å². The molecule has 5 nitrogen and oxygen atoms in total. The minimum absolute atomic E-state index is 0.278. The van der Waals surface area contributed by atoms with E-state index in [1.807, 2.05) is 41.3 Å². The smallest absolute Gasteiger partial charge is 0.145 e. The standard InChI is InChI=1S/C17H17FN4O/c18-13-9-22(12-4-3-7-19-8-12)10-16(13)23-11-17-20-14-5-1-2-6-15(14)21-17/h1-8,13,16H,9-11H2,(H,20,21)/t13-,16+/m1/s1. The quantitative estimate of drug-likeness (QED) is 0.805. The van der Waals surface area contributed by atoms with Gasteiger partial charge in [-0.25, -0.2) is 9.37 Å². The molecule has 0 bridgehead atoms. The van der Waals surface area contributed by atoms with E-state index in [0.29, 0.717) is 13.1 Å². The molecule has 118 valence electrons. The van der Waals surface area contributed by atoms with Crippen LogP contribution in [0.2, 0.25) is 0 Å². The number of benzene rings is 1. The summed E-state index contributed by atoms with van der Waals surface area (Å²) in [5.74, 6) is 0.721. The van der Waals surface area contributed by atoms with Crippen molar-refractivity contribution in [2.75, 3.05) is 18.0 Å². The third-order valence-electron chi connectivity index (χ3n) is 4.08. The number of ether oxygens (including phenoxy) is 1. The van der Waals surface area contributed by atoms with Gasteiger partial charge in [0.05, 0.1) is 29.5 Å². The second-order valence-electron chi connectivity index (χ2n) is 5.68. The zero-order valence-corrected chi connectivity index (χ0v) is 12.5. The fraction of sp³-hybridized carbons (Fsp3) is 0.294. The number of alkyl halides is 1. The average Bonchev–Trinajstić information content (AvgIpc) is 3.16. The molecule has 1 fully saturated rings. The number of aromatic amines is 1. The van der Waals surface area contributed by atoms with Crippen molar-refractivity contribution in [3.8, 4) is 0 Å². The Morgan fingerprint density at radius 1 is 1.22 bits per heavy atom.